The van der Waals surface area contributed by atoms with E-state index in [0.29, 0.717) is 0 Å². The Balaban J connectivity index is 0.000000157. The molecule has 5 heteroatoms. The van der Waals surface area contributed by atoms with Crippen molar-refractivity contribution in [1.82, 2.24) is 9.13 Å². The monoisotopic (exact) mass is 744 g/mol. The molecule has 0 aliphatic heterocycles. The molecule has 0 aliphatic carbocycles. The smallest absolute Gasteiger partial charge is 0.0788 e. The summed E-state index contributed by atoms with van der Waals surface area (Å²) in [4.78, 5) is 0. The molecule has 11 rings (SSSR count). The van der Waals surface area contributed by atoms with Gasteiger partial charge in [0.2, 0.25) is 0 Å². The van der Waals surface area contributed by atoms with E-state index in [0.717, 1.165) is 0 Å². The summed E-state index contributed by atoms with van der Waals surface area (Å²) in [5.41, 5.74) is 11.2. The summed E-state index contributed by atoms with van der Waals surface area (Å²) in [7, 11) is 0. The van der Waals surface area contributed by atoms with E-state index in [2.05, 4.69) is 211 Å². The highest BCUT2D eigenvalue weighted by Gasteiger charge is 2.20. The number of benzene rings is 8. The van der Waals surface area contributed by atoms with Gasteiger partial charge in [-0.15, -0.1) is 11.3 Å². The maximum Gasteiger partial charge on any atom is 0.0788 e. The predicted octanol–water partition coefficient (Wildman–Crippen LogP) is 13.4. The van der Waals surface area contributed by atoms with Gasteiger partial charge in [0.05, 0.1) is 22.1 Å². The van der Waals surface area contributed by atoms with Gasteiger partial charge in [0.25, 0.3) is 0 Å². The number of aromatic nitrogens is 2. The van der Waals surface area contributed by atoms with E-state index in [1.165, 1.54) is 91.8 Å². The molecule has 0 fully saturated rings. The van der Waals surface area contributed by atoms with Crippen LogP contribution in [0.1, 0.15) is 16.7 Å². The Morgan fingerprint density at radius 3 is 1.39 bits per heavy atom. The van der Waals surface area contributed by atoms with Crippen LogP contribution in [0.5, 0.6) is 0 Å². The van der Waals surface area contributed by atoms with Crippen LogP contribution >= 0.6 is 11.3 Å². The molecule has 4 nitrogen and oxygen atoms in total. The van der Waals surface area contributed by atoms with Gasteiger partial charge < -0.3 is 9.13 Å². The van der Waals surface area contributed by atoms with E-state index in [-0.39, 0.29) is 0 Å². The van der Waals surface area contributed by atoms with Crippen LogP contribution in [0.2, 0.25) is 0 Å². The zero-order chi connectivity index (χ0) is 38.6. The Hall–Kier alpha value is -6.50. The standard InChI is InChI=1S/C31H22N2.C13H10S.C7H8.H4N2/c1-21-10-9-13-23(20-21)33-29-17-8-6-15-25(29)27-19-18-26-24-14-5-7-16-28(24)32(30(26)31(27)33)22-11-3-2-4-12-22;1-9-6-7-13-11(8-9)10-4-2-3-5-12(10)14-13;1-7-5-3-2-4-6-7;1-2/h2-20H,1H3;2-8H,1H3;2-6H,1H3;1-2H2. The van der Waals surface area contributed by atoms with E-state index in [9.17, 15) is 0 Å². The zero-order valence-corrected chi connectivity index (χ0v) is 32.7. The molecule has 56 heavy (non-hydrogen) atoms. The lowest BCUT2D eigenvalue weighted by molar-refractivity contribution is 1.14. The van der Waals surface area contributed by atoms with Crippen molar-refractivity contribution in [3.05, 3.63) is 205 Å². The minimum atomic E-state index is 1.18. The Labute approximate surface area is 331 Å². The van der Waals surface area contributed by atoms with Crippen LogP contribution < -0.4 is 11.7 Å². The van der Waals surface area contributed by atoms with Crippen LogP contribution in [0.3, 0.4) is 0 Å². The van der Waals surface area contributed by atoms with Crippen molar-refractivity contribution in [1.29, 1.82) is 0 Å². The summed E-state index contributed by atoms with van der Waals surface area (Å²) in [6, 6.07) is 67.1. The quantitative estimate of drug-likeness (QED) is 0.137. The third-order valence-corrected chi connectivity index (χ3v) is 11.4. The summed E-state index contributed by atoms with van der Waals surface area (Å²) in [5, 5.41) is 7.89. The molecule has 0 saturated carbocycles. The molecule has 0 bridgehead atoms. The van der Waals surface area contributed by atoms with Crippen LogP contribution in [0.25, 0.3) is 75.2 Å². The van der Waals surface area contributed by atoms with Crippen molar-refractivity contribution in [2.45, 2.75) is 20.8 Å². The normalized spacial score (nSPS) is 10.9. The van der Waals surface area contributed by atoms with Crippen LogP contribution in [0, 0.1) is 20.8 Å². The average Bonchev–Trinajstić information content (AvgIpc) is 3.90. The van der Waals surface area contributed by atoms with E-state index < -0.39 is 0 Å². The van der Waals surface area contributed by atoms with Crippen LogP contribution in [-0.2, 0) is 0 Å². The Morgan fingerprint density at radius 1 is 0.339 bits per heavy atom. The number of rotatable bonds is 2. The van der Waals surface area contributed by atoms with Crippen LogP contribution in [-0.4, -0.2) is 9.13 Å². The number of hydrazine groups is 1. The molecule has 0 radical (unpaired) electrons. The van der Waals surface area contributed by atoms with Crippen molar-refractivity contribution in [3.63, 3.8) is 0 Å². The Morgan fingerprint density at radius 2 is 0.804 bits per heavy atom. The molecular formula is C51H44N4S. The fraction of sp³-hybridized carbons (Fsp3) is 0.0588. The molecule has 0 spiro atoms. The number of para-hydroxylation sites is 3. The largest absolute Gasteiger partial charge is 0.307 e. The molecule has 8 aromatic carbocycles. The van der Waals surface area contributed by atoms with Crippen molar-refractivity contribution >= 4 is 75.1 Å². The Bertz CT molecular complexity index is 3080. The number of aryl methyl sites for hydroxylation is 3. The first-order valence-corrected chi connectivity index (χ1v) is 19.7. The van der Waals surface area contributed by atoms with Gasteiger partial charge >= 0.3 is 0 Å². The average molecular weight is 745 g/mol. The molecule has 3 heterocycles. The van der Waals surface area contributed by atoms with Gasteiger partial charge in [-0.2, -0.15) is 0 Å². The fourth-order valence-corrected chi connectivity index (χ4v) is 8.84. The lowest BCUT2D eigenvalue weighted by Gasteiger charge is -2.12. The summed E-state index contributed by atoms with van der Waals surface area (Å²) >= 11 is 1.87. The molecule has 0 amide bonds. The lowest BCUT2D eigenvalue weighted by atomic mass is 10.1. The van der Waals surface area contributed by atoms with E-state index >= 15 is 0 Å². The maximum atomic E-state index is 4.00. The van der Waals surface area contributed by atoms with Gasteiger partial charge in [-0.1, -0.05) is 145 Å². The first kappa shape index (κ1) is 36.5. The number of hydrogen-bond donors (Lipinski definition) is 2. The fourth-order valence-electron chi connectivity index (χ4n) is 7.76. The van der Waals surface area contributed by atoms with Crippen molar-refractivity contribution in [2.24, 2.45) is 11.7 Å². The second kappa shape index (κ2) is 16.1. The predicted molar refractivity (Wildman–Crippen MR) is 243 cm³/mol. The highest BCUT2D eigenvalue weighted by atomic mass is 32.1. The molecule has 0 saturated heterocycles. The number of thiophene rings is 1. The van der Waals surface area contributed by atoms with Gasteiger partial charge in [0.1, 0.15) is 0 Å². The number of hydrogen-bond acceptors (Lipinski definition) is 3. The van der Waals surface area contributed by atoms with Gasteiger partial charge in [0.15, 0.2) is 0 Å². The molecular weight excluding hydrogens is 701 g/mol. The maximum absolute atomic E-state index is 4.00. The molecule has 11 aromatic rings. The number of nitrogens with two attached hydrogens (primary N) is 2. The van der Waals surface area contributed by atoms with Crippen molar-refractivity contribution in [3.8, 4) is 11.4 Å². The molecule has 0 unspecified atom stereocenters. The highest BCUT2D eigenvalue weighted by Crippen LogP contribution is 2.41. The third kappa shape index (κ3) is 6.84. The molecule has 3 aromatic heterocycles. The third-order valence-electron chi connectivity index (χ3n) is 10.2. The second-order valence-electron chi connectivity index (χ2n) is 14.0. The molecule has 0 aliphatic rings. The molecule has 4 N–H and O–H groups in total. The summed E-state index contributed by atoms with van der Waals surface area (Å²) < 4.78 is 7.64. The van der Waals surface area contributed by atoms with E-state index in [4.69, 9.17) is 0 Å². The highest BCUT2D eigenvalue weighted by molar-refractivity contribution is 7.25. The SMILES string of the molecule is Cc1ccc2sc3ccccc3c2c1.Cc1cccc(-n2c3ccccc3c3ccc4c5ccccc5n(-c5ccccc5)c4c32)c1.Cc1ccccc1.NN. The van der Waals surface area contributed by atoms with Gasteiger partial charge in [-0.3, -0.25) is 11.7 Å². The van der Waals surface area contributed by atoms with Crippen LogP contribution in [0.4, 0.5) is 0 Å². The number of fused-ring (bicyclic) bond motifs is 10. The molecule has 274 valence electrons. The summed E-state index contributed by atoms with van der Waals surface area (Å²) in [6.45, 7) is 6.39. The lowest BCUT2D eigenvalue weighted by Crippen LogP contribution is -2.02. The molecule has 0 atom stereocenters. The minimum Gasteiger partial charge on any atom is -0.307 e. The van der Waals surface area contributed by atoms with E-state index in [1.807, 2.05) is 29.5 Å². The summed E-state index contributed by atoms with van der Waals surface area (Å²) in [6.07, 6.45) is 0. The first-order valence-electron chi connectivity index (χ1n) is 18.9. The second-order valence-corrected chi connectivity index (χ2v) is 15.1. The zero-order valence-electron chi connectivity index (χ0n) is 31.9. The van der Waals surface area contributed by atoms with Gasteiger partial charge in [-0.25, -0.2) is 0 Å². The minimum absolute atomic E-state index is 1.18. The number of nitrogens with zero attached hydrogens (tertiary/aromatic N) is 2. The van der Waals surface area contributed by atoms with Crippen molar-refractivity contribution in [2.75, 3.05) is 0 Å². The Kier molecular flexibility index (Phi) is 10.5. The van der Waals surface area contributed by atoms with Crippen LogP contribution in [0.15, 0.2) is 188 Å². The van der Waals surface area contributed by atoms with Gasteiger partial charge in [0, 0.05) is 53.1 Å². The first-order chi connectivity index (χ1) is 27.5. The van der Waals surface area contributed by atoms with E-state index in [1.54, 1.807) is 0 Å². The topological polar surface area (TPSA) is 61.9 Å². The van der Waals surface area contributed by atoms with Crippen molar-refractivity contribution < 1.29 is 0 Å². The summed E-state index contributed by atoms with van der Waals surface area (Å²) in [5.74, 6) is 8.00. The van der Waals surface area contributed by atoms with Gasteiger partial charge in [-0.05, 0) is 80.9 Å².